The van der Waals surface area contributed by atoms with E-state index in [2.05, 4.69) is 10.4 Å². The van der Waals surface area contributed by atoms with Crippen LogP contribution in [0, 0.1) is 11.6 Å². The second-order valence-corrected chi connectivity index (χ2v) is 6.97. The predicted octanol–water partition coefficient (Wildman–Crippen LogP) is 2.79. The molecule has 0 aliphatic rings. The summed E-state index contributed by atoms with van der Waals surface area (Å²) in [5.41, 5.74) is 0.769. The van der Waals surface area contributed by atoms with E-state index in [0.29, 0.717) is 28.8 Å². The summed E-state index contributed by atoms with van der Waals surface area (Å²) in [7, 11) is 3.07. The molecule has 1 N–H and O–H groups in total. The maximum absolute atomic E-state index is 13.7. The largest absolute Gasteiger partial charge is 0.497 e. The molecule has 1 aromatic heterocycles. The molecule has 2 aromatic carbocycles. The lowest BCUT2D eigenvalue weighted by atomic mass is 10.1. The van der Waals surface area contributed by atoms with Gasteiger partial charge in [0.2, 0.25) is 0 Å². The molecule has 1 amide bonds. The fraction of sp³-hybridized carbons (Fsp3) is 0.261. The number of nitrogens with zero attached hydrogens (tertiary/aromatic N) is 2. The fourth-order valence-corrected chi connectivity index (χ4v) is 3.01. The highest BCUT2D eigenvalue weighted by Crippen LogP contribution is 2.31. The van der Waals surface area contributed by atoms with Crippen molar-refractivity contribution in [2.75, 3.05) is 20.8 Å². The summed E-state index contributed by atoms with van der Waals surface area (Å²) in [6.07, 6.45) is -1.04. The van der Waals surface area contributed by atoms with Gasteiger partial charge in [-0.1, -0.05) is 0 Å². The van der Waals surface area contributed by atoms with E-state index in [1.54, 1.807) is 24.3 Å². The maximum atomic E-state index is 13.7. The monoisotopic (exact) mass is 459 g/mol. The third-order valence-electron chi connectivity index (χ3n) is 4.74. The van der Waals surface area contributed by atoms with Crippen molar-refractivity contribution >= 4 is 5.91 Å². The minimum atomic E-state index is -1.04. The van der Waals surface area contributed by atoms with Crippen LogP contribution in [-0.2, 0) is 11.3 Å². The van der Waals surface area contributed by atoms with Crippen molar-refractivity contribution in [1.29, 1.82) is 0 Å². The molecule has 0 bridgehead atoms. The standard InChI is InChI=1S/C23H23F2N3O5/c1-14(33-21-7-4-15(24)12-18(21)25)23(30)26-10-11-28-22(29)9-6-19(27-28)17-13-16(31-2)5-8-20(17)32-3/h4-9,12-14H,10-11H2,1-3H3,(H,26,30). The predicted molar refractivity (Wildman–Crippen MR) is 116 cm³/mol. The summed E-state index contributed by atoms with van der Waals surface area (Å²) in [6, 6.07) is 11.0. The lowest BCUT2D eigenvalue weighted by molar-refractivity contribution is -0.127. The minimum absolute atomic E-state index is 0.0735. The van der Waals surface area contributed by atoms with Crippen molar-refractivity contribution < 1.29 is 27.8 Å². The van der Waals surface area contributed by atoms with Crippen LogP contribution in [0.4, 0.5) is 8.78 Å². The smallest absolute Gasteiger partial charge is 0.266 e. The number of methoxy groups -OCH3 is 2. The Morgan fingerprint density at radius 1 is 1.06 bits per heavy atom. The van der Waals surface area contributed by atoms with Gasteiger partial charge < -0.3 is 19.5 Å². The lowest BCUT2D eigenvalue weighted by Crippen LogP contribution is -2.39. The quantitative estimate of drug-likeness (QED) is 0.529. The summed E-state index contributed by atoms with van der Waals surface area (Å²) >= 11 is 0. The third-order valence-corrected chi connectivity index (χ3v) is 4.74. The van der Waals surface area contributed by atoms with Crippen LogP contribution in [0.1, 0.15) is 6.92 Å². The van der Waals surface area contributed by atoms with Crippen LogP contribution < -0.4 is 25.1 Å². The number of benzene rings is 2. The number of hydrogen-bond donors (Lipinski definition) is 1. The topological polar surface area (TPSA) is 91.7 Å². The van der Waals surface area contributed by atoms with Crippen molar-refractivity contribution in [3.05, 3.63) is 70.5 Å². The average Bonchev–Trinajstić information content (AvgIpc) is 2.81. The van der Waals surface area contributed by atoms with Crippen LogP contribution in [0.3, 0.4) is 0 Å². The molecule has 3 aromatic rings. The number of rotatable bonds is 9. The first-order valence-electron chi connectivity index (χ1n) is 10.0. The van der Waals surface area contributed by atoms with E-state index in [1.165, 1.54) is 31.9 Å². The lowest BCUT2D eigenvalue weighted by Gasteiger charge is -2.15. The Balaban J connectivity index is 1.66. The Hall–Kier alpha value is -3.95. The van der Waals surface area contributed by atoms with Crippen molar-refractivity contribution in [1.82, 2.24) is 15.1 Å². The third kappa shape index (κ3) is 5.85. The van der Waals surface area contributed by atoms with Crippen LogP contribution in [0.15, 0.2) is 53.3 Å². The van der Waals surface area contributed by atoms with Gasteiger partial charge in [0.25, 0.3) is 11.5 Å². The number of aromatic nitrogens is 2. The van der Waals surface area contributed by atoms with E-state index in [4.69, 9.17) is 14.2 Å². The van der Waals surface area contributed by atoms with E-state index >= 15 is 0 Å². The molecule has 174 valence electrons. The summed E-state index contributed by atoms with van der Waals surface area (Å²) in [5.74, 6) is -1.27. The zero-order valence-corrected chi connectivity index (χ0v) is 18.3. The summed E-state index contributed by atoms with van der Waals surface area (Å²) in [4.78, 5) is 24.5. The molecule has 1 atom stereocenters. The van der Waals surface area contributed by atoms with Gasteiger partial charge in [0.15, 0.2) is 17.7 Å². The fourth-order valence-electron chi connectivity index (χ4n) is 3.01. The molecule has 0 saturated heterocycles. The molecule has 10 heteroatoms. The minimum Gasteiger partial charge on any atom is -0.497 e. The van der Waals surface area contributed by atoms with Gasteiger partial charge in [0.1, 0.15) is 17.3 Å². The van der Waals surface area contributed by atoms with Crippen LogP contribution >= 0.6 is 0 Å². The van der Waals surface area contributed by atoms with Crippen molar-refractivity contribution in [3.63, 3.8) is 0 Å². The molecule has 1 heterocycles. The summed E-state index contributed by atoms with van der Waals surface area (Å²) in [6.45, 7) is 1.59. The number of hydrogen-bond acceptors (Lipinski definition) is 6. The average molecular weight is 459 g/mol. The van der Waals surface area contributed by atoms with Gasteiger partial charge in [-0.25, -0.2) is 13.5 Å². The highest BCUT2D eigenvalue weighted by molar-refractivity contribution is 5.80. The Kier molecular flexibility index (Phi) is 7.60. The highest BCUT2D eigenvalue weighted by atomic mass is 19.1. The van der Waals surface area contributed by atoms with Crippen LogP contribution in [0.2, 0.25) is 0 Å². The Morgan fingerprint density at radius 2 is 1.82 bits per heavy atom. The van der Waals surface area contributed by atoms with E-state index in [-0.39, 0.29) is 24.4 Å². The number of amides is 1. The Morgan fingerprint density at radius 3 is 2.52 bits per heavy atom. The van der Waals surface area contributed by atoms with Crippen LogP contribution in [0.5, 0.6) is 17.2 Å². The van der Waals surface area contributed by atoms with Crippen molar-refractivity contribution in [2.45, 2.75) is 19.6 Å². The molecule has 0 radical (unpaired) electrons. The van der Waals surface area contributed by atoms with Gasteiger partial charge in [-0.2, -0.15) is 5.10 Å². The first-order chi connectivity index (χ1) is 15.8. The maximum Gasteiger partial charge on any atom is 0.266 e. The van der Waals surface area contributed by atoms with Gasteiger partial charge in [-0.3, -0.25) is 9.59 Å². The van der Waals surface area contributed by atoms with Gasteiger partial charge in [0, 0.05) is 24.2 Å². The summed E-state index contributed by atoms with van der Waals surface area (Å²) < 4.78 is 43.8. The second-order valence-electron chi connectivity index (χ2n) is 6.97. The Bertz CT molecular complexity index is 1200. The number of carbonyl (C=O) groups is 1. The SMILES string of the molecule is COc1ccc(OC)c(-c2ccc(=O)n(CCNC(=O)C(C)Oc3ccc(F)cc3F)n2)c1. The Labute approximate surface area is 188 Å². The molecular weight excluding hydrogens is 436 g/mol. The van der Waals surface area contributed by atoms with Gasteiger partial charge in [-0.15, -0.1) is 0 Å². The number of ether oxygens (including phenoxy) is 3. The first kappa shape index (κ1) is 23.7. The highest BCUT2D eigenvalue weighted by Gasteiger charge is 2.17. The number of carbonyl (C=O) groups excluding carboxylic acids is 1. The molecular formula is C23H23F2N3O5. The van der Waals surface area contributed by atoms with E-state index in [0.717, 1.165) is 12.1 Å². The molecule has 0 spiro atoms. The second kappa shape index (κ2) is 10.6. The van der Waals surface area contributed by atoms with E-state index < -0.39 is 23.6 Å². The molecule has 0 aliphatic heterocycles. The molecule has 1 unspecified atom stereocenters. The van der Waals surface area contributed by atoms with Gasteiger partial charge in [-0.05, 0) is 43.3 Å². The normalized spacial score (nSPS) is 11.5. The van der Waals surface area contributed by atoms with Gasteiger partial charge >= 0.3 is 0 Å². The van der Waals surface area contributed by atoms with E-state index in [1.807, 2.05) is 0 Å². The molecule has 8 nitrogen and oxygen atoms in total. The zero-order chi connectivity index (χ0) is 24.0. The molecule has 3 rings (SSSR count). The molecule has 0 fully saturated rings. The van der Waals surface area contributed by atoms with E-state index in [9.17, 15) is 18.4 Å². The van der Waals surface area contributed by atoms with Crippen molar-refractivity contribution in [3.8, 4) is 28.5 Å². The van der Waals surface area contributed by atoms with Crippen molar-refractivity contribution in [2.24, 2.45) is 0 Å². The first-order valence-corrected chi connectivity index (χ1v) is 10.0. The summed E-state index contributed by atoms with van der Waals surface area (Å²) in [5, 5.41) is 6.96. The number of halogens is 2. The van der Waals surface area contributed by atoms with Crippen LogP contribution in [-0.4, -0.2) is 42.6 Å². The molecule has 0 aliphatic carbocycles. The van der Waals surface area contributed by atoms with Crippen LogP contribution in [0.25, 0.3) is 11.3 Å². The zero-order valence-electron chi connectivity index (χ0n) is 18.3. The number of nitrogens with one attached hydrogen (secondary N) is 1. The molecule has 33 heavy (non-hydrogen) atoms. The van der Waals surface area contributed by atoms with Gasteiger partial charge in [0.05, 0.1) is 26.5 Å². The molecule has 0 saturated carbocycles.